The van der Waals surface area contributed by atoms with Gasteiger partial charge in [-0.25, -0.2) is 0 Å². The summed E-state index contributed by atoms with van der Waals surface area (Å²) in [6.07, 6.45) is 0. The first-order valence-corrected chi connectivity index (χ1v) is 9.19. The molecule has 1 fully saturated rings. The van der Waals surface area contributed by atoms with E-state index in [4.69, 9.17) is 4.74 Å². The van der Waals surface area contributed by atoms with Crippen molar-refractivity contribution in [3.05, 3.63) is 54.1 Å². The number of methoxy groups -OCH3 is 1. The van der Waals surface area contributed by atoms with E-state index >= 15 is 0 Å². The molecule has 0 aliphatic carbocycles. The zero-order valence-electron chi connectivity index (χ0n) is 15.8. The summed E-state index contributed by atoms with van der Waals surface area (Å²) >= 11 is 0. The Balaban J connectivity index is 1.51. The third-order valence-corrected chi connectivity index (χ3v) is 4.90. The molecule has 0 radical (unpaired) electrons. The molecule has 142 valence electrons. The molecule has 2 aromatic rings. The number of quaternary nitrogens is 1. The maximum atomic E-state index is 12.4. The molecule has 6 nitrogen and oxygen atoms in total. The molecule has 0 saturated carbocycles. The third kappa shape index (κ3) is 4.86. The van der Waals surface area contributed by atoms with Crippen molar-refractivity contribution >= 4 is 23.1 Å². The van der Waals surface area contributed by atoms with Crippen LogP contribution in [0.3, 0.4) is 0 Å². The van der Waals surface area contributed by atoms with Gasteiger partial charge in [-0.2, -0.15) is 0 Å². The zero-order valence-corrected chi connectivity index (χ0v) is 15.8. The molecule has 0 unspecified atom stereocenters. The normalized spacial score (nSPS) is 14.7. The molecular formula is C21H26N3O3+. The fraction of sp³-hybridized carbons (Fsp3) is 0.333. The van der Waals surface area contributed by atoms with Crippen LogP contribution in [0.2, 0.25) is 0 Å². The number of ketones is 1. The standard InChI is InChI=1S/C21H25N3O3/c1-16(25)19-5-3-4-6-20(19)22-21(26)15-23-11-13-24(14-12-23)17-7-9-18(27-2)10-8-17/h3-10H,11-15H2,1-2H3,(H,22,26)/p+1. The van der Waals surface area contributed by atoms with Crippen molar-refractivity contribution in [2.45, 2.75) is 6.92 Å². The maximum absolute atomic E-state index is 12.4. The molecule has 0 bridgehead atoms. The van der Waals surface area contributed by atoms with E-state index in [0.717, 1.165) is 31.9 Å². The monoisotopic (exact) mass is 368 g/mol. The van der Waals surface area contributed by atoms with Crippen LogP contribution >= 0.6 is 0 Å². The lowest BCUT2D eigenvalue weighted by Crippen LogP contribution is -3.15. The smallest absolute Gasteiger partial charge is 0.279 e. The number of para-hydroxylation sites is 1. The number of benzene rings is 2. The second-order valence-corrected chi connectivity index (χ2v) is 6.76. The lowest BCUT2D eigenvalue weighted by atomic mass is 10.1. The molecule has 1 heterocycles. The largest absolute Gasteiger partial charge is 0.497 e. The van der Waals surface area contributed by atoms with Gasteiger partial charge in [-0.15, -0.1) is 0 Å². The number of rotatable bonds is 6. The molecule has 1 aliphatic heterocycles. The van der Waals surface area contributed by atoms with Gasteiger partial charge in [0.25, 0.3) is 5.91 Å². The van der Waals surface area contributed by atoms with Crippen LogP contribution in [0.5, 0.6) is 5.75 Å². The molecule has 6 heteroatoms. The van der Waals surface area contributed by atoms with E-state index in [1.165, 1.54) is 17.5 Å². The van der Waals surface area contributed by atoms with Crippen LogP contribution in [0, 0.1) is 0 Å². The van der Waals surface area contributed by atoms with Crippen molar-refractivity contribution in [2.75, 3.05) is 50.1 Å². The van der Waals surface area contributed by atoms with Crippen LogP contribution in [0.1, 0.15) is 17.3 Å². The van der Waals surface area contributed by atoms with E-state index in [1.807, 2.05) is 18.2 Å². The van der Waals surface area contributed by atoms with Crippen molar-refractivity contribution < 1.29 is 19.2 Å². The van der Waals surface area contributed by atoms with Crippen LogP contribution < -0.4 is 19.9 Å². The second kappa shape index (κ2) is 8.68. The summed E-state index contributed by atoms with van der Waals surface area (Å²) in [6, 6.07) is 15.2. The number of ether oxygens (including phenoxy) is 1. The number of hydrogen-bond acceptors (Lipinski definition) is 4. The van der Waals surface area contributed by atoms with Crippen LogP contribution in [0.25, 0.3) is 0 Å². The fourth-order valence-electron chi connectivity index (χ4n) is 3.37. The van der Waals surface area contributed by atoms with Gasteiger partial charge < -0.3 is 19.9 Å². The average molecular weight is 368 g/mol. The number of anilines is 2. The molecule has 0 aromatic heterocycles. The van der Waals surface area contributed by atoms with E-state index < -0.39 is 0 Å². The Bertz CT molecular complexity index is 797. The van der Waals surface area contributed by atoms with Crippen LogP contribution in [0.4, 0.5) is 11.4 Å². The minimum atomic E-state index is -0.0587. The summed E-state index contributed by atoms with van der Waals surface area (Å²) in [5.74, 6) is 0.744. The summed E-state index contributed by atoms with van der Waals surface area (Å²) in [7, 11) is 1.66. The number of carbonyl (C=O) groups is 2. The first-order valence-electron chi connectivity index (χ1n) is 9.19. The van der Waals surface area contributed by atoms with E-state index in [2.05, 4.69) is 22.3 Å². The van der Waals surface area contributed by atoms with Gasteiger partial charge in [0.05, 0.1) is 39.0 Å². The molecule has 2 N–H and O–H groups in total. The van der Waals surface area contributed by atoms with Gasteiger partial charge >= 0.3 is 0 Å². The summed E-state index contributed by atoms with van der Waals surface area (Å²) < 4.78 is 5.20. The van der Waals surface area contributed by atoms with E-state index in [-0.39, 0.29) is 11.7 Å². The molecular weight excluding hydrogens is 342 g/mol. The molecule has 0 spiro atoms. The lowest BCUT2D eigenvalue weighted by molar-refractivity contribution is -0.892. The number of carbonyl (C=O) groups excluding carboxylic acids is 2. The Morgan fingerprint density at radius 2 is 1.74 bits per heavy atom. The predicted octanol–water partition coefficient (Wildman–Crippen LogP) is 1.24. The molecule has 1 aliphatic rings. The van der Waals surface area contributed by atoms with E-state index in [0.29, 0.717) is 17.8 Å². The Morgan fingerprint density at radius 1 is 1.07 bits per heavy atom. The summed E-state index contributed by atoms with van der Waals surface area (Å²) in [4.78, 5) is 27.7. The number of amides is 1. The van der Waals surface area contributed by atoms with Crippen molar-refractivity contribution in [1.29, 1.82) is 0 Å². The minimum Gasteiger partial charge on any atom is -0.497 e. The molecule has 3 rings (SSSR count). The van der Waals surface area contributed by atoms with Gasteiger partial charge in [0.15, 0.2) is 12.3 Å². The molecule has 1 saturated heterocycles. The van der Waals surface area contributed by atoms with Crippen LogP contribution in [-0.2, 0) is 4.79 Å². The van der Waals surface area contributed by atoms with Crippen molar-refractivity contribution in [2.24, 2.45) is 0 Å². The quantitative estimate of drug-likeness (QED) is 0.753. The first-order chi connectivity index (χ1) is 13.1. The number of hydrogen-bond donors (Lipinski definition) is 2. The highest BCUT2D eigenvalue weighted by molar-refractivity contribution is 6.03. The highest BCUT2D eigenvalue weighted by Crippen LogP contribution is 2.19. The molecule has 1 amide bonds. The average Bonchev–Trinajstić information content (AvgIpc) is 2.69. The van der Waals surface area contributed by atoms with Gasteiger partial charge in [-0.05, 0) is 43.3 Å². The van der Waals surface area contributed by atoms with Crippen LogP contribution in [-0.4, -0.2) is 51.5 Å². The Kier molecular flexibility index (Phi) is 6.08. The molecule has 2 aromatic carbocycles. The number of Topliss-reactive ketones (excluding diaryl/α,β-unsaturated/α-hetero) is 1. The SMILES string of the molecule is COc1ccc(N2CC[NH+](CC(=O)Nc3ccccc3C(C)=O)CC2)cc1. The second-order valence-electron chi connectivity index (χ2n) is 6.76. The number of nitrogens with one attached hydrogen (secondary N) is 2. The third-order valence-electron chi connectivity index (χ3n) is 4.90. The number of piperazine rings is 1. The fourth-order valence-corrected chi connectivity index (χ4v) is 3.37. The van der Waals surface area contributed by atoms with E-state index in [9.17, 15) is 9.59 Å². The van der Waals surface area contributed by atoms with Gasteiger partial charge in [0.2, 0.25) is 0 Å². The summed E-state index contributed by atoms with van der Waals surface area (Å²) in [6.45, 7) is 5.51. The Morgan fingerprint density at radius 3 is 2.37 bits per heavy atom. The van der Waals surface area contributed by atoms with Crippen molar-refractivity contribution in [3.8, 4) is 5.75 Å². The van der Waals surface area contributed by atoms with Gasteiger partial charge in [-0.1, -0.05) is 12.1 Å². The summed E-state index contributed by atoms with van der Waals surface area (Å²) in [5, 5.41) is 2.89. The first kappa shape index (κ1) is 18.9. The summed E-state index contributed by atoms with van der Waals surface area (Å²) in [5.41, 5.74) is 2.31. The Labute approximate surface area is 159 Å². The van der Waals surface area contributed by atoms with E-state index in [1.54, 1.807) is 25.3 Å². The van der Waals surface area contributed by atoms with Crippen molar-refractivity contribution in [1.82, 2.24) is 0 Å². The predicted molar refractivity (Wildman–Crippen MR) is 106 cm³/mol. The number of nitrogens with zero attached hydrogens (tertiary/aromatic N) is 1. The molecule has 0 atom stereocenters. The maximum Gasteiger partial charge on any atom is 0.279 e. The minimum absolute atomic E-state index is 0.0497. The van der Waals surface area contributed by atoms with Gasteiger partial charge in [0, 0.05) is 11.3 Å². The highest BCUT2D eigenvalue weighted by Gasteiger charge is 2.23. The van der Waals surface area contributed by atoms with Gasteiger partial charge in [-0.3, -0.25) is 9.59 Å². The highest BCUT2D eigenvalue weighted by atomic mass is 16.5. The lowest BCUT2D eigenvalue weighted by Gasteiger charge is -2.33. The van der Waals surface area contributed by atoms with Crippen LogP contribution in [0.15, 0.2) is 48.5 Å². The van der Waals surface area contributed by atoms with Gasteiger partial charge in [0.1, 0.15) is 5.75 Å². The molecule has 27 heavy (non-hydrogen) atoms. The topological polar surface area (TPSA) is 63.1 Å². The Hall–Kier alpha value is -2.86. The van der Waals surface area contributed by atoms with Crippen molar-refractivity contribution in [3.63, 3.8) is 0 Å². The zero-order chi connectivity index (χ0) is 19.2.